The summed E-state index contributed by atoms with van der Waals surface area (Å²) in [4.78, 5) is 6.67. The Kier molecular flexibility index (Phi) is 4.58. The molecule has 2 rings (SSSR count). The lowest BCUT2D eigenvalue weighted by Crippen LogP contribution is -2.22. The fourth-order valence-electron chi connectivity index (χ4n) is 1.99. The first-order valence-corrected chi connectivity index (χ1v) is 6.73. The molecule has 4 heteroatoms. The molecule has 2 N–H and O–H groups in total. The van der Waals surface area contributed by atoms with E-state index >= 15 is 0 Å². The molecule has 102 valence electrons. The third-order valence-electron chi connectivity index (χ3n) is 3.26. The molecule has 2 heterocycles. The first kappa shape index (κ1) is 13.6. The van der Waals surface area contributed by atoms with E-state index in [1.54, 1.807) is 6.26 Å². The van der Waals surface area contributed by atoms with E-state index in [1.807, 2.05) is 24.4 Å². The third-order valence-corrected chi connectivity index (χ3v) is 3.26. The maximum absolute atomic E-state index is 5.97. The molecule has 0 unspecified atom stereocenters. The van der Waals surface area contributed by atoms with E-state index in [1.165, 1.54) is 0 Å². The molecule has 0 fully saturated rings. The first-order valence-electron chi connectivity index (χ1n) is 6.73. The molecule has 0 bridgehead atoms. The van der Waals surface area contributed by atoms with E-state index in [0.717, 1.165) is 36.7 Å². The maximum Gasteiger partial charge on any atom is 0.123 e. The van der Waals surface area contributed by atoms with Crippen molar-refractivity contribution < 1.29 is 4.42 Å². The number of anilines is 1. The Balaban J connectivity index is 2.10. The van der Waals surface area contributed by atoms with Crippen LogP contribution in [0.3, 0.4) is 0 Å². The Bertz CT molecular complexity index is 479. The highest BCUT2D eigenvalue weighted by atomic mass is 16.3. The first-order chi connectivity index (χ1) is 9.24. The molecular weight excluding hydrogens is 238 g/mol. The van der Waals surface area contributed by atoms with E-state index in [-0.39, 0.29) is 6.04 Å². The number of furan rings is 1. The van der Waals surface area contributed by atoms with Crippen LogP contribution in [0.25, 0.3) is 0 Å². The average Bonchev–Trinajstić information content (AvgIpc) is 2.97. The van der Waals surface area contributed by atoms with Gasteiger partial charge in [0.15, 0.2) is 0 Å². The topological polar surface area (TPSA) is 55.3 Å². The van der Waals surface area contributed by atoms with Crippen LogP contribution in [0.4, 0.5) is 5.69 Å². The van der Waals surface area contributed by atoms with Crippen LogP contribution < -0.4 is 10.6 Å². The summed E-state index contributed by atoms with van der Waals surface area (Å²) in [6.07, 6.45) is 4.48. The standard InChI is InChI=1S/C15H21N3O/c1-3-14(16)15-8-7-12(10-17-15)18(4-2)11-13-6-5-9-19-13/h5-10,14H,3-4,11,16H2,1-2H3/t14-/m0/s1. The van der Waals surface area contributed by atoms with Gasteiger partial charge in [0, 0.05) is 12.6 Å². The van der Waals surface area contributed by atoms with Gasteiger partial charge in [0.2, 0.25) is 0 Å². The van der Waals surface area contributed by atoms with Crippen molar-refractivity contribution in [1.29, 1.82) is 0 Å². The zero-order chi connectivity index (χ0) is 13.7. The van der Waals surface area contributed by atoms with Gasteiger partial charge in [-0.2, -0.15) is 0 Å². The smallest absolute Gasteiger partial charge is 0.123 e. The molecule has 0 amide bonds. The molecular formula is C15H21N3O. The van der Waals surface area contributed by atoms with Gasteiger partial charge in [0.25, 0.3) is 0 Å². The van der Waals surface area contributed by atoms with Crippen LogP contribution in [-0.4, -0.2) is 11.5 Å². The zero-order valence-corrected chi connectivity index (χ0v) is 11.5. The summed E-state index contributed by atoms with van der Waals surface area (Å²) in [6.45, 7) is 5.84. The molecule has 2 aromatic heterocycles. The van der Waals surface area contributed by atoms with Crippen molar-refractivity contribution in [2.75, 3.05) is 11.4 Å². The number of nitrogens with zero attached hydrogens (tertiary/aromatic N) is 2. The van der Waals surface area contributed by atoms with Gasteiger partial charge < -0.3 is 15.1 Å². The molecule has 19 heavy (non-hydrogen) atoms. The summed E-state index contributed by atoms with van der Waals surface area (Å²) in [5, 5.41) is 0. The highest BCUT2D eigenvalue weighted by Crippen LogP contribution is 2.19. The van der Waals surface area contributed by atoms with Gasteiger partial charge >= 0.3 is 0 Å². The second-order valence-electron chi connectivity index (χ2n) is 4.55. The molecule has 0 aliphatic heterocycles. The molecule has 0 spiro atoms. The van der Waals surface area contributed by atoms with Crippen molar-refractivity contribution in [1.82, 2.24) is 4.98 Å². The molecule has 4 nitrogen and oxygen atoms in total. The summed E-state index contributed by atoms with van der Waals surface area (Å²) in [6, 6.07) is 8.00. The van der Waals surface area contributed by atoms with E-state index in [0.29, 0.717) is 0 Å². The summed E-state index contributed by atoms with van der Waals surface area (Å²) in [5.41, 5.74) is 8.01. The average molecular weight is 259 g/mol. The lowest BCUT2D eigenvalue weighted by atomic mass is 10.1. The minimum absolute atomic E-state index is 0.0224. The van der Waals surface area contributed by atoms with E-state index in [2.05, 4.69) is 29.8 Å². The van der Waals surface area contributed by atoms with Crippen LogP contribution in [0.15, 0.2) is 41.1 Å². The van der Waals surface area contributed by atoms with Crippen LogP contribution in [-0.2, 0) is 6.54 Å². The predicted octanol–water partition coefficient (Wildman–Crippen LogP) is 3.11. The van der Waals surface area contributed by atoms with Crippen molar-refractivity contribution >= 4 is 5.69 Å². The quantitative estimate of drug-likeness (QED) is 0.866. The normalized spacial score (nSPS) is 12.4. The lowest BCUT2D eigenvalue weighted by Gasteiger charge is -2.22. The highest BCUT2D eigenvalue weighted by Gasteiger charge is 2.09. The van der Waals surface area contributed by atoms with Crippen LogP contribution >= 0.6 is 0 Å². The Morgan fingerprint density at radius 3 is 2.68 bits per heavy atom. The number of rotatable bonds is 6. The summed E-state index contributed by atoms with van der Waals surface area (Å²) in [7, 11) is 0. The van der Waals surface area contributed by atoms with Crippen LogP contribution in [0.2, 0.25) is 0 Å². The summed E-state index contributed by atoms with van der Waals surface area (Å²) in [5.74, 6) is 0.955. The SMILES string of the molecule is CC[C@H](N)c1ccc(N(CC)Cc2ccco2)cn1. The number of nitrogens with two attached hydrogens (primary N) is 1. The van der Waals surface area contributed by atoms with Crippen molar-refractivity contribution in [3.8, 4) is 0 Å². The zero-order valence-electron chi connectivity index (χ0n) is 11.5. The molecule has 0 aromatic carbocycles. The Hall–Kier alpha value is -1.81. The molecule has 0 saturated carbocycles. The van der Waals surface area contributed by atoms with E-state index in [4.69, 9.17) is 10.2 Å². The molecule has 2 aromatic rings. The monoisotopic (exact) mass is 259 g/mol. The minimum atomic E-state index is 0.0224. The summed E-state index contributed by atoms with van der Waals surface area (Å²) < 4.78 is 5.38. The van der Waals surface area contributed by atoms with Crippen LogP contribution in [0, 0.1) is 0 Å². The number of aromatic nitrogens is 1. The largest absolute Gasteiger partial charge is 0.467 e. The van der Waals surface area contributed by atoms with Crippen molar-refractivity contribution in [2.24, 2.45) is 5.73 Å². The number of hydrogen-bond donors (Lipinski definition) is 1. The van der Waals surface area contributed by atoms with Crippen LogP contribution in [0.1, 0.15) is 37.8 Å². The minimum Gasteiger partial charge on any atom is -0.467 e. The lowest BCUT2D eigenvalue weighted by molar-refractivity contribution is 0.503. The van der Waals surface area contributed by atoms with Crippen molar-refractivity contribution in [3.05, 3.63) is 48.2 Å². The molecule has 0 aliphatic carbocycles. The van der Waals surface area contributed by atoms with Crippen molar-refractivity contribution in [3.63, 3.8) is 0 Å². The third kappa shape index (κ3) is 3.35. The maximum atomic E-state index is 5.97. The second-order valence-corrected chi connectivity index (χ2v) is 4.55. The Labute approximate surface area is 114 Å². The highest BCUT2D eigenvalue weighted by molar-refractivity contribution is 5.44. The Morgan fingerprint density at radius 1 is 1.32 bits per heavy atom. The predicted molar refractivity (Wildman–Crippen MR) is 76.9 cm³/mol. The number of pyridine rings is 1. The summed E-state index contributed by atoms with van der Waals surface area (Å²) >= 11 is 0. The van der Waals surface area contributed by atoms with E-state index in [9.17, 15) is 0 Å². The number of hydrogen-bond acceptors (Lipinski definition) is 4. The van der Waals surface area contributed by atoms with Gasteiger partial charge in [0.1, 0.15) is 5.76 Å². The fourth-order valence-corrected chi connectivity index (χ4v) is 1.99. The van der Waals surface area contributed by atoms with Gasteiger partial charge in [-0.25, -0.2) is 0 Å². The molecule has 1 atom stereocenters. The van der Waals surface area contributed by atoms with Gasteiger partial charge in [0.05, 0.1) is 30.4 Å². The van der Waals surface area contributed by atoms with Gasteiger partial charge in [-0.1, -0.05) is 6.92 Å². The second kappa shape index (κ2) is 6.38. The molecule has 0 aliphatic rings. The van der Waals surface area contributed by atoms with Gasteiger partial charge in [-0.15, -0.1) is 0 Å². The molecule has 0 saturated heterocycles. The van der Waals surface area contributed by atoms with Crippen molar-refractivity contribution in [2.45, 2.75) is 32.9 Å². The molecule has 0 radical (unpaired) electrons. The van der Waals surface area contributed by atoms with Gasteiger partial charge in [-0.3, -0.25) is 4.98 Å². The van der Waals surface area contributed by atoms with Crippen LogP contribution in [0.5, 0.6) is 0 Å². The van der Waals surface area contributed by atoms with E-state index < -0.39 is 0 Å². The Morgan fingerprint density at radius 2 is 2.16 bits per heavy atom. The fraction of sp³-hybridized carbons (Fsp3) is 0.400. The van der Waals surface area contributed by atoms with Gasteiger partial charge in [-0.05, 0) is 37.6 Å².